The normalized spacial score (nSPS) is 13.1. The number of nitrogens with zero attached hydrogens (tertiary/aromatic N) is 3. The summed E-state index contributed by atoms with van der Waals surface area (Å²) in [6.45, 7) is 8.94. The van der Waals surface area contributed by atoms with Gasteiger partial charge in [-0.1, -0.05) is 50.6 Å². The Labute approximate surface area is 151 Å². The van der Waals surface area contributed by atoms with Crippen LogP contribution in [0.1, 0.15) is 49.3 Å². The number of amides is 1. The second kappa shape index (κ2) is 7.40. The van der Waals surface area contributed by atoms with Crippen LogP contribution in [0.2, 0.25) is 0 Å². The maximum Gasteiger partial charge on any atom is 0.244 e. The first-order chi connectivity index (χ1) is 11.6. The van der Waals surface area contributed by atoms with Gasteiger partial charge < -0.3 is 4.90 Å². The zero-order valence-corrected chi connectivity index (χ0v) is 16.4. The van der Waals surface area contributed by atoms with E-state index in [-0.39, 0.29) is 17.4 Å². The average molecular weight is 342 g/mol. The molecule has 0 bridgehead atoms. The fraction of sp³-hybridized carbons (Fsp3) is 0.500. The molecule has 0 radical (unpaired) electrons. The van der Waals surface area contributed by atoms with Gasteiger partial charge in [0.1, 0.15) is 6.04 Å². The molecule has 0 fully saturated rings. The van der Waals surface area contributed by atoms with Crippen LogP contribution >= 0.6 is 0 Å². The molecule has 0 aliphatic heterocycles. The highest BCUT2D eigenvalue weighted by Gasteiger charge is 2.27. The average Bonchev–Trinajstić information content (AvgIpc) is 2.95. The maximum atomic E-state index is 13.1. The standard InChI is InChI=1S/C20H30N4O/c1-14-9-8-10-15(11-14)18(23(5)6)19(25)24(7)13-16-12-17(22-21-16)20(2,3)4/h8-12,18H,13H2,1-7H3,(H,21,22)/t18-/m0/s1. The monoisotopic (exact) mass is 342 g/mol. The van der Waals surface area contributed by atoms with Crippen molar-refractivity contribution in [1.82, 2.24) is 20.0 Å². The molecule has 5 nitrogen and oxygen atoms in total. The van der Waals surface area contributed by atoms with E-state index in [0.717, 1.165) is 22.5 Å². The van der Waals surface area contributed by atoms with Crippen LogP contribution in [-0.2, 0) is 16.8 Å². The number of likely N-dealkylation sites (N-methyl/N-ethyl adjacent to an activating group) is 2. The first kappa shape index (κ1) is 19.2. The molecular formula is C20H30N4O. The fourth-order valence-corrected chi connectivity index (χ4v) is 2.87. The highest BCUT2D eigenvalue weighted by Crippen LogP contribution is 2.23. The number of rotatable bonds is 5. The Hall–Kier alpha value is -2.14. The molecule has 0 aliphatic rings. The summed E-state index contributed by atoms with van der Waals surface area (Å²) < 4.78 is 0. The first-order valence-electron chi connectivity index (χ1n) is 8.62. The Morgan fingerprint density at radius 2 is 1.88 bits per heavy atom. The number of hydrogen-bond donors (Lipinski definition) is 1. The Bertz CT molecular complexity index is 727. The third-order valence-electron chi connectivity index (χ3n) is 4.29. The lowest BCUT2D eigenvalue weighted by Crippen LogP contribution is -2.38. The van der Waals surface area contributed by atoms with Gasteiger partial charge in [-0.3, -0.25) is 14.8 Å². The Morgan fingerprint density at radius 3 is 2.40 bits per heavy atom. The van der Waals surface area contributed by atoms with Crippen molar-refractivity contribution >= 4 is 5.91 Å². The Kier molecular flexibility index (Phi) is 5.68. The zero-order chi connectivity index (χ0) is 18.8. The van der Waals surface area contributed by atoms with Crippen LogP contribution in [0.15, 0.2) is 30.3 Å². The predicted molar refractivity (Wildman–Crippen MR) is 101 cm³/mol. The number of carbonyl (C=O) groups excluding carboxylic acids is 1. The van der Waals surface area contributed by atoms with E-state index >= 15 is 0 Å². The summed E-state index contributed by atoms with van der Waals surface area (Å²) in [5.74, 6) is 0.0718. The van der Waals surface area contributed by atoms with Gasteiger partial charge in [-0.15, -0.1) is 0 Å². The van der Waals surface area contributed by atoms with Crippen LogP contribution < -0.4 is 0 Å². The van der Waals surface area contributed by atoms with Crippen molar-refractivity contribution < 1.29 is 4.79 Å². The van der Waals surface area contributed by atoms with Crippen molar-refractivity contribution in [3.8, 4) is 0 Å². The van der Waals surface area contributed by atoms with E-state index in [1.54, 1.807) is 4.90 Å². The third kappa shape index (κ3) is 4.69. The van der Waals surface area contributed by atoms with E-state index in [9.17, 15) is 4.79 Å². The van der Waals surface area contributed by atoms with Crippen LogP contribution in [0.4, 0.5) is 0 Å². The highest BCUT2D eigenvalue weighted by molar-refractivity contribution is 5.83. The van der Waals surface area contributed by atoms with Gasteiger partial charge in [-0.25, -0.2) is 0 Å². The van der Waals surface area contributed by atoms with E-state index in [2.05, 4.69) is 37.0 Å². The van der Waals surface area contributed by atoms with Crippen molar-refractivity contribution in [3.05, 3.63) is 52.8 Å². The summed E-state index contributed by atoms with van der Waals surface area (Å²) in [5, 5.41) is 7.43. The minimum absolute atomic E-state index is 0.00886. The molecule has 0 unspecified atom stereocenters. The van der Waals surface area contributed by atoms with E-state index in [1.165, 1.54) is 0 Å². The number of benzene rings is 1. The van der Waals surface area contributed by atoms with Crippen LogP contribution in [0.3, 0.4) is 0 Å². The number of aryl methyl sites for hydroxylation is 1. The van der Waals surface area contributed by atoms with Crippen LogP contribution in [0.5, 0.6) is 0 Å². The molecule has 2 aromatic rings. The zero-order valence-electron chi connectivity index (χ0n) is 16.4. The van der Waals surface area contributed by atoms with Crippen molar-refractivity contribution in [1.29, 1.82) is 0 Å². The smallest absolute Gasteiger partial charge is 0.244 e. The van der Waals surface area contributed by atoms with Gasteiger partial charge >= 0.3 is 0 Å². The Morgan fingerprint density at radius 1 is 1.20 bits per heavy atom. The van der Waals surface area contributed by atoms with Crippen molar-refractivity contribution in [2.24, 2.45) is 0 Å². The first-order valence-corrected chi connectivity index (χ1v) is 8.62. The molecule has 1 heterocycles. The molecule has 0 saturated heterocycles. The van der Waals surface area contributed by atoms with E-state index in [4.69, 9.17) is 0 Å². The van der Waals surface area contributed by atoms with Crippen molar-refractivity contribution in [2.75, 3.05) is 21.1 Å². The number of aromatic nitrogens is 2. The summed E-state index contributed by atoms with van der Waals surface area (Å²) in [5.41, 5.74) is 4.11. The lowest BCUT2D eigenvalue weighted by Gasteiger charge is -2.28. The van der Waals surface area contributed by atoms with Crippen LogP contribution in [-0.4, -0.2) is 47.0 Å². The van der Waals surface area contributed by atoms with Gasteiger partial charge in [0.05, 0.1) is 17.9 Å². The molecule has 1 atom stereocenters. The molecule has 0 aliphatic carbocycles. The number of aromatic amines is 1. The molecule has 5 heteroatoms. The fourth-order valence-electron chi connectivity index (χ4n) is 2.87. The second-order valence-corrected chi connectivity index (χ2v) is 8.00. The van der Waals surface area contributed by atoms with Gasteiger partial charge in [0.2, 0.25) is 5.91 Å². The molecule has 0 saturated carbocycles. The minimum Gasteiger partial charge on any atom is -0.338 e. The predicted octanol–water partition coefficient (Wildman–Crippen LogP) is 3.28. The van der Waals surface area contributed by atoms with Gasteiger partial charge in [-0.05, 0) is 32.6 Å². The number of hydrogen-bond acceptors (Lipinski definition) is 3. The molecule has 25 heavy (non-hydrogen) atoms. The van der Waals surface area contributed by atoms with Gasteiger partial charge in [-0.2, -0.15) is 5.10 Å². The SMILES string of the molecule is Cc1cccc([C@@H](C(=O)N(C)Cc2cc(C(C)(C)C)n[nH]2)N(C)C)c1. The summed E-state index contributed by atoms with van der Waals surface area (Å²) in [6.07, 6.45) is 0. The second-order valence-electron chi connectivity index (χ2n) is 8.00. The molecule has 1 aromatic heterocycles. The van der Waals surface area contributed by atoms with E-state index in [1.807, 2.05) is 57.2 Å². The molecule has 1 N–H and O–H groups in total. The van der Waals surface area contributed by atoms with E-state index < -0.39 is 0 Å². The quantitative estimate of drug-likeness (QED) is 0.907. The van der Waals surface area contributed by atoms with Crippen LogP contribution in [0, 0.1) is 6.92 Å². The largest absolute Gasteiger partial charge is 0.338 e. The number of carbonyl (C=O) groups is 1. The van der Waals surface area contributed by atoms with Crippen LogP contribution in [0.25, 0.3) is 0 Å². The van der Waals surface area contributed by atoms with Gasteiger partial charge in [0, 0.05) is 12.5 Å². The molecule has 0 spiro atoms. The lowest BCUT2D eigenvalue weighted by atomic mass is 9.92. The third-order valence-corrected chi connectivity index (χ3v) is 4.29. The maximum absolute atomic E-state index is 13.1. The molecule has 1 aromatic carbocycles. The number of nitrogens with one attached hydrogen (secondary N) is 1. The topological polar surface area (TPSA) is 52.2 Å². The summed E-state index contributed by atoms with van der Waals surface area (Å²) in [4.78, 5) is 16.8. The Balaban J connectivity index is 2.17. The van der Waals surface area contributed by atoms with Gasteiger partial charge in [0.25, 0.3) is 0 Å². The minimum atomic E-state index is -0.296. The van der Waals surface area contributed by atoms with E-state index in [0.29, 0.717) is 6.54 Å². The van der Waals surface area contributed by atoms with Crippen molar-refractivity contribution in [2.45, 2.75) is 45.7 Å². The molecule has 1 amide bonds. The molecule has 136 valence electrons. The molecule has 2 rings (SSSR count). The van der Waals surface area contributed by atoms with Crippen molar-refractivity contribution in [3.63, 3.8) is 0 Å². The number of H-pyrrole nitrogens is 1. The summed E-state index contributed by atoms with van der Waals surface area (Å²) in [7, 11) is 5.71. The summed E-state index contributed by atoms with van der Waals surface area (Å²) in [6, 6.07) is 9.87. The van der Waals surface area contributed by atoms with Gasteiger partial charge in [0.15, 0.2) is 0 Å². The lowest BCUT2D eigenvalue weighted by molar-refractivity contribution is -0.135. The highest BCUT2D eigenvalue weighted by atomic mass is 16.2. The summed E-state index contributed by atoms with van der Waals surface area (Å²) >= 11 is 0. The molecular weight excluding hydrogens is 312 g/mol.